The van der Waals surface area contributed by atoms with Gasteiger partial charge in [-0.2, -0.15) is 8.42 Å². The van der Waals surface area contributed by atoms with Crippen LogP contribution in [0.3, 0.4) is 0 Å². The largest absolute Gasteiger partial charge is 0.332 e. The maximum Gasteiger partial charge on any atom is 0.332 e. The molecule has 1 aromatic carbocycles. The van der Waals surface area contributed by atoms with E-state index in [2.05, 4.69) is 15.5 Å². The Labute approximate surface area is 90.9 Å². The van der Waals surface area contributed by atoms with E-state index in [4.69, 9.17) is 0 Å². The average molecular weight is 242 g/mol. The number of hydrogen-bond acceptors (Lipinski definition) is 5. The van der Waals surface area contributed by atoms with Crippen molar-refractivity contribution >= 4 is 10.2 Å². The highest BCUT2D eigenvalue weighted by molar-refractivity contribution is 7.86. The summed E-state index contributed by atoms with van der Waals surface area (Å²) in [7, 11) is -3.10. The molecular weight excluding hydrogens is 235 g/mol. The van der Waals surface area contributed by atoms with Crippen LogP contribution in [0.2, 0.25) is 0 Å². The quantitative estimate of drug-likeness (QED) is 0.718. The van der Waals surface area contributed by atoms with Gasteiger partial charge in [-0.3, -0.25) is 0 Å². The Morgan fingerprint density at radius 3 is 2.69 bits per heavy atom. The predicted molar refractivity (Wildman–Crippen MR) is 52.5 cm³/mol. The normalized spacial score (nSPS) is 11.6. The number of halogens is 1. The molecule has 2 aromatic rings. The Kier molecular flexibility index (Phi) is 2.43. The fraction of sp³-hybridized carbons (Fsp3) is 0.125. The molecule has 0 aliphatic heterocycles. The van der Waals surface area contributed by atoms with Crippen molar-refractivity contribution < 1.29 is 12.3 Å². The van der Waals surface area contributed by atoms with Crippen LogP contribution in [0.4, 0.5) is 3.89 Å². The molecule has 1 heterocycles. The maximum atomic E-state index is 12.8. The Morgan fingerprint density at radius 1 is 1.38 bits per heavy atom. The molecular formula is C8H7FN4O2S. The molecule has 0 spiro atoms. The Bertz CT molecular complexity index is 622. The van der Waals surface area contributed by atoms with Gasteiger partial charge in [0.25, 0.3) is 0 Å². The van der Waals surface area contributed by atoms with Crippen LogP contribution >= 0.6 is 0 Å². The second kappa shape index (κ2) is 3.63. The molecule has 8 heteroatoms. The minimum absolute atomic E-state index is 0.366. The first-order valence-electron chi connectivity index (χ1n) is 4.26. The van der Waals surface area contributed by atoms with E-state index in [9.17, 15) is 12.3 Å². The number of nitrogens with zero attached hydrogens (tertiary/aromatic N) is 4. The zero-order chi connectivity index (χ0) is 11.8. The third-order valence-corrected chi connectivity index (χ3v) is 2.81. The molecule has 0 aliphatic rings. The zero-order valence-corrected chi connectivity index (χ0v) is 9.02. The van der Waals surface area contributed by atoms with E-state index in [0.29, 0.717) is 11.4 Å². The Morgan fingerprint density at radius 2 is 2.12 bits per heavy atom. The molecule has 0 unspecified atom stereocenters. The highest BCUT2D eigenvalue weighted by Crippen LogP contribution is 2.20. The zero-order valence-electron chi connectivity index (χ0n) is 8.20. The Hall–Kier alpha value is -1.83. The fourth-order valence-corrected chi connectivity index (χ4v) is 1.77. The van der Waals surface area contributed by atoms with E-state index in [1.165, 1.54) is 22.9 Å². The second-order valence-electron chi connectivity index (χ2n) is 3.09. The van der Waals surface area contributed by atoms with Crippen molar-refractivity contribution in [2.24, 2.45) is 7.05 Å². The van der Waals surface area contributed by atoms with Gasteiger partial charge in [-0.25, -0.2) is 4.68 Å². The first-order chi connectivity index (χ1) is 7.48. The van der Waals surface area contributed by atoms with Crippen molar-refractivity contribution in [3.63, 3.8) is 0 Å². The van der Waals surface area contributed by atoms with Gasteiger partial charge in [0.15, 0.2) is 5.82 Å². The first-order valence-corrected chi connectivity index (χ1v) is 5.64. The van der Waals surface area contributed by atoms with Crippen molar-refractivity contribution in [1.82, 2.24) is 20.2 Å². The molecule has 0 saturated carbocycles. The summed E-state index contributed by atoms with van der Waals surface area (Å²) in [5.41, 5.74) is 0.436. The second-order valence-corrected chi connectivity index (χ2v) is 4.44. The van der Waals surface area contributed by atoms with Crippen LogP contribution in [-0.2, 0) is 17.3 Å². The molecule has 0 amide bonds. The third-order valence-electron chi connectivity index (χ3n) is 1.99. The summed E-state index contributed by atoms with van der Waals surface area (Å²) in [4.78, 5) is -0.409. The van der Waals surface area contributed by atoms with Gasteiger partial charge in [0, 0.05) is 12.6 Å². The molecule has 0 fully saturated rings. The lowest BCUT2D eigenvalue weighted by Gasteiger charge is -2.00. The molecule has 0 bridgehead atoms. The van der Waals surface area contributed by atoms with Gasteiger partial charge in [-0.05, 0) is 22.6 Å². The van der Waals surface area contributed by atoms with Gasteiger partial charge >= 0.3 is 10.2 Å². The summed E-state index contributed by atoms with van der Waals surface area (Å²) in [5.74, 6) is 0.366. The minimum atomic E-state index is -4.71. The Balaban J connectivity index is 2.57. The van der Waals surface area contributed by atoms with Gasteiger partial charge in [0.1, 0.15) is 0 Å². The lowest BCUT2D eigenvalue weighted by Crippen LogP contribution is -1.96. The number of aryl methyl sites for hydroxylation is 1. The molecule has 16 heavy (non-hydrogen) atoms. The minimum Gasteiger partial charge on any atom is -0.229 e. The standard InChI is InChI=1S/C8H7FN4O2S/c1-13-8(10-11-12-13)6-3-2-4-7(5-6)16(9,14)15/h2-5H,1H3. The lowest BCUT2D eigenvalue weighted by atomic mass is 10.2. The number of tetrazole rings is 1. The predicted octanol–water partition coefficient (Wildman–Crippen LogP) is 0.535. The fourth-order valence-electron chi connectivity index (χ4n) is 1.26. The molecule has 6 nitrogen and oxygen atoms in total. The van der Waals surface area contributed by atoms with Crippen LogP contribution in [0.5, 0.6) is 0 Å². The van der Waals surface area contributed by atoms with Gasteiger partial charge < -0.3 is 0 Å². The van der Waals surface area contributed by atoms with Gasteiger partial charge in [0.2, 0.25) is 0 Å². The topological polar surface area (TPSA) is 77.7 Å². The summed E-state index contributed by atoms with van der Waals surface area (Å²) in [6.07, 6.45) is 0. The molecule has 2 rings (SSSR count). The van der Waals surface area contributed by atoms with Crippen LogP contribution in [0, 0.1) is 0 Å². The first kappa shape index (κ1) is 10.7. The van der Waals surface area contributed by atoms with E-state index in [0.717, 1.165) is 0 Å². The summed E-state index contributed by atoms with van der Waals surface area (Å²) >= 11 is 0. The van der Waals surface area contributed by atoms with Gasteiger partial charge in [-0.15, -0.1) is 8.98 Å². The molecule has 84 valence electrons. The van der Waals surface area contributed by atoms with E-state index >= 15 is 0 Å². The van der Waals surface area contributed by atoms with Crippen molar-refractivity contribution in [3.8, 4) is 11.4 Å². The van der Waals surface area contributed by atoms with Crippen molar-refractivity contribution in [2.45, 2.75) is 4.90 Å². The highest BCUT2D eigenvalue weighted by Gasteiger charge is 2.14. The SMILES string of the molecule is Cn1nnnc1-c1cccc(S(=O)(=O)F)c1. The maximum absolute atomic E-state index is 12.8. The monoisotopic (exact) mass is 242 g/mol. The molecule has 0 radical (unpaired) electrons. The van der Waals surface area contributed by atoms with Crippen molar-refractivity contribution in [1.29, 1.82) is 0 Å². The number of benzene rings is 1. The molecule has 0 N–H and O–H groups in total. The van der Waals surface area contributed by atoms with E-state index in [1.54, 1.807) is 13.1 Å². The van der Waals surface area contributed by atoms with Crippen LogP contribution in [0.25, 0.3) is 11.4 Å². The van der Waals surface area contributed by atoms with Crippen LogP contribution in [0.15, 0.2) is 29.2 Å². The highest BCUT2D eigenvalue weighted by atomic mass is 32.3. The average Bonchev–Trinajstić information content (AvgIpc) is 2.63. The number of rotatable bonds is 2. The molecule has 1 aromatic heterocycles. The van der Waals surface area contributed by atoms with Gasteiger partial charge in [0.05, 0.1) is 4.90 Å². The van der Waals surface area contributed by atoms with E-state index < -0.39 is 15.1 Å². The van der Waals surface area contributed by atoms with E-state index in [1.807, 2.05) is 0 Å². The van der Waals surface area contributed by atoms with Crippen LogP contribution in [-0.4, -0.2) is 28.6 Å². The summed E-state index contributed by atoms with van der Waals surface area (Å²) < 4.78 is 35.6. The summed E-state index contributed by atoms with van der Waals surface area (Å²) in [6, 6.07) is 5.38. The van der Waals surface area contributed by atoms with Crippen LogP contribution in [0.1, 0.15) is 0 Å². The third kappa shape index (κ3) is 1.91. The van der Waals surface area contributed by atoms with Gasteiger partial charge in [-0.1, -0.05) is 12.1 Å². The summed E-state index contributed by atoms with van der Waals surface area (Å²) in [5, 5.41) is 10.7. The van der Waals surface area contributed by atoms with E-state index in [-0.39, 0.29) is 0 Å². The number of hydrogen-bond donors (Lipinski definition) is 0. The van der Waals surface area contributed by atoms with Crippen molar-refractivity contribution in [3.05, 3.63) is 24.3 Å². The lowest BCUT2D eigenvalue weighted by molar-refractivity contribution is 0.552. The molecule has 0 aliphatic carbocycles. The van der Waals surface area contributed by atoms with Crippen LogP contribution < -0.4 is 0 Å². The molecule has 0 saturated heterocycles. The molecule has 0 atom stereocenters. The number of aromatic nitrogens is 4. The smallest absolute Gasteiger partial charge is 0.229 e. The van der Waals surface area contributed by atoms with Crippen molar-refractivity contribution in [2.75, 3.05) is 0 Å². The summed E-state index contributed by atoms with van der Waals surface area (Å²) in [6.45, 7) is 0.